The maximum absolute atomic E-state index is 13.4. The maximum atomic E-state index is 13.4. The van der Waals surface area contributed by atoms with Crippen LogP contribution in [-0.4, -0.2) is 47.2 Å². The summed E-state index contributed by atoms with van der Waals surface area (Å²) in [6.45, 7) is 3.30. The van der Waals surface area contributed by atoms with Crippen molar-refractivity contribution in [2.45, 2.75) is 25.2 Å². The summed E-state index contributed by atoms with van der Waals surface area (Å²) in [7, 11) is 1.59. The number of halogens is 2. The van der Waals surface area contributed by atoms with Crippen LogP contribution >= 0.6 is 35.6 Å². The Balaban J connectivity index is 1.75. The number of rotatable bonds is 10. The minimum atomic E-state index is -0.330. The van der Waals surface area contributed by atoms with Crippen molar-refractivity contribution >= 4 is 45.8 Å². The fourth-order valence-electron chi connectivity index (χ4n) is 3.15. The molecule has 9 heteroatoms. The smallest absolute Gasteiger partial charge is 0.242 e. The molecule has 166 valence electrons. The summed E-state index contributed by atoms with van der Waals surface area (Å²) in [5.41, 5.74) is 1.52. The molecule has 0 N–H and O–H groups in total. The highest BCUT2D eigenvalue weighted by atomic mass is 35.5. The van der Waals surface area contributed by atoms with Gasteiger partial charge in [-0.05, 0) is 48.7 Å². The number of thiocarbonyl (C=S) groups is 1. The Morgan fingerprint density at radius 1 is 1.23 bits per heavy atom. The zero-order valence-electron chi connectivity index (χ0n) is 17.2. The highest BCUT2D eigenvalue weighted by molar-refractivity contribution is 8.24. The molecule has 1 aliphatic heterocycles. The third-order valence-electron chi connectivity index (χ3n) is 4.59. The van der Waals surface area contributed by atoms with Gasteiger partial charge in [0.25, 0.3) is 0 Å². The van der Waals surface area contributed by atoms with Crippen molar-refractivity contribution in [3.05, 3.63) is 58.4 Å². The second-order valence-corrected chi connectivity index (χ2v) is 9.06. The Morgan fingerprint density at radius 3 is 2.74 bits per heavy atom. The lowest BCUT2D eigenvalue weighted by molar-refractivity contribution is -0.126. The molecule has 5 nitrogen and oxygen atoms in total. The normalized spacial score (nSPS) is 16.1. The Kier molecular flexibility index (Phi) is 8.54. The quantitative estimate of drug-likeness (QED) is 0.449. The molecule has 1 fully saturated rings. The summed E-state index contributed by atoms with van der Waals surface area (Å²) in [6.07, 6.45) is 0.455. The van der Waals surface area contributed by atoms with Gasteiger partial charge in [-0.3, -0.25) is 9.69 Å². The van der Waals surface area contributed by atoms with Crippen LogP contribution in [0.3, 0.4) is 0 Å². The van der Waals surface area contributed by atoms with E-state index in [1.807, 2.05) is 13.0 Å². The van der Waals surface area contributed by atoms with Gasteiger partial charge in [-0.15, -0.1) is 0 Å². The van der Waals surface area contributed by atoms with Crippen LogP contribution in [0.25, 0.3) is 0 Å². The fraction of sp³-hybridized carbons (Fsp3) is 0.364. The van der Waals surface area contributed by atoms with Crippen molar-refractivity contribution < 1.29 is 23.4 Å². The topological polar surface area (TPSA) is 48.0 Å². The highest BCUT2D eigenvalue weighted by Crippen LogP contribution is 2.39. The van der Waals surface area contributed by atoms with Crippen LogP contribution in [0.15, 0.2) is 36.4 Å². The van der Waals surface area contributed by atoms with Crippen LogP contribution in [0.5, 0.6) is 11.5 Å². The monoisotopic (exact) mass is 483 g/mol. The number of carbonyl (C=O) groups is 1. The minimum Gasteiger partial charge on any atom is -0.490 e. The van der Waals surface area contributed by atoms with E-state index in [0.717, 1.165) is 5.56 Å². The fourth-order valence-corrected chi connectivity index (χ4v) is 5.02. The number of hydrogen-bond acceptors (Lipinski definition) is 6. The van der Waals surface area contributed by atoms with Gasteiger partial charge in [-0.2, -0.15) is 0 Å². The molecule has 1 atom stereocenters. The molecule has 1 amide bonds. The van der Waals surface area contributed by atoms with E-state index in [9.17, 15) is 9.18 Å². The highest BCUT2D eigenvalue weighted by Gasteiger charge is 2.36. The maximum Gasteiger partial charge on any atom is 0.242 e. The van der Waals surface area contributed by atoms with E-state index in [4.69, 9.17) is 38.0 Å². The SMILES string of the molecule is CCOc1cc(C[C@@H]2SC(=S)N(CCOC)C2=O)cc(Cl)c1OCc1cccc(F)c1. The first kappa shape index (κ1) is 23.8. The van der Waals surface area contributed by atoms with Crippen LogP contribution in [-0.2, 0) is 22.6 Å². The third-order valence-corrected chi connectivity index (χ3v) is 6.45. The molecular weight excluding hydrogens is 461 g/mol. The predicted molar refractivity (Wildman–Crippen MR) is 125 cm³/mol. The van der Waals surface area contributed by atoms with E-state index in [1.165, 1.54) is 23.9 Å². The van der Waals surface area contributed by atoms with Crippen LogP contribution < -0.4 is 9.47 Å². The number of nitrogens with zero attached hydrogens (tertiary/aromatic N) is 1. The summed E-state index contributed by atoms with van der Waals surface area (Å²) in [5.74, 6) is 0.506. The lowest BCUT2D eigenvalue weighted by atomic mass is 10.1. The van der Waals surface area contributed by atoms with Gasteiger partial charge in [0.2, 0.25) is 5.91 Å². The molecule has 0 spiro atoms. The molecular formula is C22H23ClFNO4S2. The molecule has 1 saturated heterocycles. The molecule has 0 radical (unpaired) electrons. The number of methoxy groups -OCH3 is 1. The number of benzene rings is 2. The van der Waals surface area contributed by atoms with Gasteiger partial charge >= 0.3 is 0 Å². The van der Waals surface area contributed by atoms with E-state index in [2.05, 4.69) is 0 Å². The Morgan fingerprint density at radius 2 is 2.03 bits per heavy atom. The second kappa shape index (κ2) is 11.1. The molecule has 2 aromatic carbocycles. The molecule has 0 unspecified atom stereocenters. The molecule has 0 aromatic heterocycles. The first-order valence-corrected chi connectivity index (χ1v) is 11.4. The lowest BCUT2D eigenvalue weighted by Gasteiger charge is -2.17. The zero-order chi connectivity index (χ0) is 22.4. The average Bonchev–Trinajstić information content (AvgIpc) is 2.98. The Bertz CT molecular complexity index is 959. The predicted octanol–water partition coefficient (Wildman–Crippen LogP) is 4.87. The van der Waals surface area contributed by atoms with Crippen LogP contribution in [0.2, 0.25) is 5.02 Å². The molecule has 1 aliphatic rings. The van der Waals surface area contributed by atoms with Crippen molar-refractivity contribution in [2.75, 3.05) is 26.9 Å². The van der Waals surface area contributed by atoms with E-state index in [0.29, 0.717) is 52.6 Å². The first-order chi connectivity index (χ1) is 14.9. The van der Waals surface area contributed by atoms with Crippen LogP contribution in [0.1, 0.15) is 18.1 Å². The largest absolute Gasteiger partial charge is 0.490 e. The molecule has 31 heavy (non-hydrogen) atoms. The van der Waals surface area contributed by atoms with E-state index in [1.54, 1.807) is 30.2 Å². The first-order valence-electron chi connectivity index (χ1n) is 9.76. The van der Waals surface area contributed by atoms with Crippen LogP contribution in [0, 0.1) is 5.82 Å². The Hall–Kier alpha value is -1.87. The van der Waals surface area contributed by atoms with Gasteiger partial charge < -0.3 is 14.2 Å². The van der Waals surface area contributed by atoms with Crippen molar-refractivity contribution in [1.82, 2.24) is 4.90 Å². The van der Waals surface area contributed by atoms with E-state index < -0.39 is 0 Å². The molecule has 0 aliphatic carbocycles. The number of thioether (sulfide) groups is 1. The molecule has 0 bridgehead atoms. The van der Waals surface area contributed by atoms with Crippen molar-refractivity contribution in [3.63, 3.8) is 0 Å². The van der Waals surface area contributed by atoms with Crippen molar-refractivity contribution in [1.29, 1.82) is 0 Å². The van der Waals surface area contributed by atoms with E-state index in [-0.39, 0.29) is 23.6 Å². The number of amides is 1. The van der Waals surface area contributed by atoms with Crippen molar-refractivity contribution in [3.8, 4) is 11.5 Å². The van der Waals surface area contributed by atoms with Gasteiger partial charge in [-0.1, -0.05) is 47.7 Å². The minimum absolute atomic E-state index is 0.0347. The second-order valence-electron chi connectivity index (χ2n) is 6.82. The van der Waals surface area contributed by atoms with Gasteiger partial charge in [-0.25, -0.2) is 4.39 Å². The van der Waals surface area contributed by atoms with E-state index >= 15 is 0 Å². The standard InChI is InChI=1S/C22H23ClFNO4S2/c1-3-28-18-11-15(12-19-21(26)25(7-8-27-2)22(30)31-19)10-17(23)20(18)29-13-14-5-4-6-16(24)9-14/h4-6,9-11,19H,3,7-8,12-13H2,1-2H3/t19-/m0/s1. The van der Waals surface area contributed by atoms with Gasteiger partial charge in [0.15, 0.2) is 11.5 Å². The number of carbonyl (C=O) groups excluding carboxylic acids is 1. The average molecular weight is 484 g/mol. The van der Waals surface area contributed by atoms with Crippen LogP contribution in [0.4, 0.5) is 4.39 Å². The summed E-state index contributed by atoms with van der Waals surface area (Å²) >= 11 is 13.2. The number of ether oxygens (including phenoxy) is 3. The molecule has 2 aromatic rings. The lowest BCUT2D eigenvalue weighted by Crippen LogP contribution is -2.34. The summed E-state index contributed by atoms with van der Waals surface area (Å²) in [4.78, 5) is 14.3. The molecule has 1 heterocycles. The summed E-state index contributed by atoms with van der Waals surface area (Å²) < 4.78 is 30.6. The summed E-state index contributed by atoms with van der Waals surface area (Å²) in [6, 6.07) is 9.77. The van der Waals surface area contributed by atoms with Crippen molar-refractivity contribution in [2.24, 2.45) is 0 Å². The zero-order valence-corrected chi connectivity index (χ0v) is 19.6. The van der Waals surface area contributed by atoms with Gasteiger partial charge in [0, 0.05) is 7.11 Å². The van der Waals surface area contributed by atoms with Gasteiger partial charge in [0.05, 0.1) is 30.0 Å². The molecule has 0 saturated carbocycles. The third kappa shape index (κ3) is 6.10. The van der Waals surface area contributed by atoms with Gasteiger partial charge in [0.1, 0.15) is 16.7 Å². The molecule has 3 rings (SSSR count). The number of hydrogen-bond donors (Lipinski definition) is 0. The Labute approximate surface area is 195 Å². The summed E-state index contributed by atoms with van der Waals surface area (Å²) in [5, 5.41) is 0.0422.